The molecule has 2 unspecified atom stereocenters. The molecule has 1 heterocycles. The summed E-state index contributed by atoms with van der Waals surface area (Å²) in [5.74, 6) is 0. The Morgan fingerprint density at radius 2 is 1.71 bits per heavy atom. The van der Waals surface area contributed by atoms with Crippen molar-refractivity contribution in [2.45, 2.75) is 51.1 Å². The molecule has 0 aromatic rings. The molecule has 1 saturated heterocycles. The maximum Gasteiger partial charge on any atom is 0.0250 e. The molecule has 3 nitrogen and oxygen atoms in total. The smallest absolute Gasteiger partial charge is 0.0250 e. The summed E-state index contributed by atoms with van der Waals surface area (Å²) in [6.07, 6.45) is 7.05. The van der Waals surface area contributed by atoms with E-state index in [0.717, 1.165) is 12.1 Å². The van der Waals surface area contributed by atoms with Crippen LogP contribution in [0.4, 0.5) is 0 Å². The Morgan fingerprint density at radius 1 is 1.00 bits per heavy atom. The number of rotatable bonds is 3. The molecule has 1 aliphatic heterocycles. The maximum atomic E-state index is 3.56. The standard InChI is InChI=1S/C14H29N3/c1-3-16-9-11-17(12-10-16)14-8-6-4-5-7-13(14)15-2/h13-15H,3-12H2,1-2H3. The monoisotopic (exact) mass is 239 g/mol. The second-order valence-electron chi connectivity index (χ2n) is 5.57. The molecular weight excluding hydrogens is 210 g/mol. The van der Waals surface area contributed by atoms with Gasteiger partial charge in [0.05, 0.1) is 0 Å². The average Bonchev–Trinajstić information content (AvgIpc) is 2.64. The maximum absolute atomic E-state index is 3.56. The Morgan fingerprint density at radius 3 is 2.35 bits per heavy atom. The van der Waals surface area contributed by atoms with E-state index >= 15 is 0 Å². The van der Waals surface area contributed by atoms with Gasteiger partial charge in [-0.3, -0.25) is 4.90 Å². The van der Waals surface area contributed by atoms with Crippen molar-refractivity contribution in [3.63, 3.8) is 0 Å². The zero-order valence-corrected chi connectivity index (χ0v) is 11.6. The van der Waals surface area contributed by atoms with Crippen LogP contribution in [-0.4, -0.2) is 61.7 Å². The van der Waals surface area contributed by atoms with E-state index < -0.39 is 0 Å². The van der Waals surface area contributed by atoms with Crippen LogP contribution in [0.1, 0.15) is 39.0 Å². The van der Waals surface area contributed by atoms with Crippen LogP contribution < -0.4 is 5.32 Å². The van der Waals surface area contributed by atoms with E-state index in [1.807, 2.05) is 0 Å². The summed E-state index contributed by atoms with van der Waals surface area (Å²) in [6, 6.07) is 1.52. The fraction of sp³-hybridized carbons (Fsp3) is 1.00. The highest BCUT2D eigenvalue weighted by atomic mass is 15.3. The summed E-state index contributed by atoms with van der Waals surface area (Å²) in [7, 11) is 2.14. The van der Waals surface area contributed by atoms with Gasteiger partial charge < -0.3 is 10.2 Å². The third kappa shape index (κ3) is 3.43. The van der Waals surface area contributed by atoms with Crippen LogP contribution >= 0.6 is 0 Å². The van der Waals surface area contributed by atoms with Crippen LogP contribution in [0.3, 0.4) is 0 Å². The molecule has 17 heavy (non-hydrogen) atoms. The Balaban J connectivity index is 1.90. The molecule has 2 fully saturated rings. The number of nitrogens with one attached hydrogen (secondary N) is 1. The summed E-state index contributed by atoms with van der Waals surface area (Å²) in [5, 5.41) is 3.56. The molecule has 0 aromatic carbocycles. The first-order valence-corrected chi connectivity index (χ1v) is 7.48. The molecule has 3 heteroatoms. The molecule has 2 aliphatic rings. The fourth-order valence-corrected chi connectivity index (χ4v) is 3.47. The van der Waals surface area contributed by atoms with Crippen LogP contribution in [0.25, 0.3) is 0 Å². The minimum Gasteiger partial charge on any atom is -0.315 e. The van der Waals surface area contributed by atoms with Crippen molar-refractivity contribution in [2.75, 3.05) is 39.8 Å². The van der Waals surface area contributed by atoms with E-state index in [1.165, 1.54) is 64.8 Å². The zero-order valence-electron chi connectivity index (χ0n) is 11.6. The van der Waals surface area contributed by atoms with Gasteiger partial charge in [0.2, 0.25) is 0 Å². The lowest BCUT2D eigenvalue weighted by atomic mass is 10.0. The van der Waals surface area contributed by atoms with Crippen molar-refractivity contribution in [1.82, 2.24) is 15.1 Å². The third-order valence-corrected chi connectivity index (χ3v) is 4.67. The predicted molar refractivity (Wildman–Crippen MR) is 73.4 cm³/mol. The highest BCUT2D eigenvalue weighted by Gasteiger charge is 2.29. The van der Waals surface area contributed by atoms with Gasteiger partial charge in [-0.05, 0) is 26.4 Å². The van der Waals surface area contributed by atoms with Crippen LogP contribution in [0, 0.1) is 0 Å². The van der Waals surface area contributed by atoms with Crippen molar-refractivity contribution in [2.24, 2.45) is 0 Å². The van der Waals surface area contributed by atoms with Gasteiger partial charge in [0.1, 0.15) is 0 Å². The quantitative estimate of drug-likeness (QED) is 0.754. The summed E-state index contributed by atoms with van der Waals surface area (Å²) in [6.45, 7) is 8.58. The van der Waals surface area contributed by atoms with Gasteiger partial charge in [0, 0.05) is 38.3 Å². The molecule has 0 amide bonds. The molecular formula is C14H29N3. The lowest BCUT2D eigenvalue weighted by Crippen LogP contribution is -2.55. The van der Waals surface area contributed by atoms with E-state index in [0.29, 0.717) is 0 Å². The van der Waals surface area contributed by atoms with Gasteiger partial charge in [0.15, 0.2) is 0 Å². The number of hydrogen-bond acceptors (Lipinski definition) is 3. The number of nitrogens with zero attached hydrogens (tertiary/aromatic N) is 2. The summed E-state index contributed by atoms with van der Waals surface area (Å²) in [4.78, 5) is 5.32. The third-order valence-electron chi connectivity index (χ3n) is 4.67. The van der Waals surface area contributed by atoms with Crippen molar-refractivity contribution < 1.29 is 0 Å². The molecule has 100 valence electrons. The molecule has 1 aliphatic carbocycles. The topological polar surface area (TPSA) is 18.5 Å². The van der Waals surface area contributed by atoms with E-state index in [-0.39, 0.29) is 0 Å². The molecule has 0 aromatic heterocycles. The minimum absolute atomic E-state index is 0.727. The molecule has 1 saturated carbocycles. The number of likely N-dealkylation sites (N-methyl/N-ethyl adjacent to an activating group) is 2. The van der Waals surface area contributed by atoms with Gasteiger partial charge in [-0.15, -0.1) is 0 Å². The Kier molecular flexibility index (Phi) is 5.26. The highest BCUT2D eigenvalue weighted by Crippen LogP contribution is 2.23. The van der Waals surface area contributed by atoms with E-state index in [1.54, 1.807) is 0 Å². The average molecular weight is 239 g/mol. The Bertz CT molecular complexity index is 212. The second-order valence-corrected chi connectivity index (χ2v) is 5.57. The Labute approximate surface area is 107 Å². The van der Waals surface area contributed by atoms with E-state index in [9.17, 15) is 0 Å². The van der Waals surface area contributed by atoms with Gasteiger partial charge in [-0.1, -0.05) is 26.2 Å². The summed E-state index contributed by atoms with van der Waals surface area (Å²) < 4.78 is 0. The summed E-state index contributed by atoms with van der Waals surface area (Å²) >= 11 is 0. The van der Waals surface area contributed by atoms with Gasteiger partial charge in [0.25, 0.3) is 0 Å². The van der Waals surface area contributed by atoms with Crippen LogP contribution in [0.15, 0.2) is 0 Å². The zero-order chi connectivity index (χ0) is 12.1. The molecule has 2 rings (SSSR count). The molecule has 0 radical (unpaired) electrons. The first-order valence-electron chi connectivity index (χ1n) is 7.48. The van der Waals surface area contributed by atoms with Crippen molar-refractivity contribution in [3.05, 3.63) is 0 Å². The minimum atomic E-state index is 0.727. The van der Waals surface area contributed by atoms with Crippen LogP contribution in [0.5, 0.6) is 0 Å². The first-order chi connectivity index (χ1) is 8.35. The molecule has 0 spiro atoms. The molecule has 1 N–H and O–H groups in total. The van der Waals surface area contributed by atoms with E-state index in [4.69, 9.17) is 0 Å². The van der Waals surface area contributed by atoms with Crippen molar-refractivity contribution >= 4 is 0 Å². The Hall–Kier alpha value is -0.120. The number of piperazine rings is 1. The second kappa shape index (κ2) is 6.72. The van der Waals surface area contributed by atoms with Gasteiger partial charge in [-0.2, -0.15) is 0 Å². The normalized spacial score (nSPS) is 33.5. The largest absolute Gasteiger partial charge is 0.315 e. The van der Waals surface area contributed by atoms with Gasteiger partial charge in [-0.25, -0.2) is 0 Å². The molecule has 2 atom stereocenters. The van der Waals surface area contributed by atoms with E-state index in [2.05, 4.69) is 29.1 Å². The molecule has 0 bridgehead atoms. The van der Waals surface area contributed by atoms with Crippen molar-refractivity contribution in [1.29, 1.82) is 0 Å². The van der Waals surface area contributed by atoms with Crippen LogP contribution in [0.2, 0.25) is 0 Å². The first kappa shape index (κ1) is 13.3. The summed E-state index contributed by atoms with van der Waals surface area (Å²) in [5.41, 5.74) is 0. The van der Waals surface area contributed by atoms with Gasteiger partial charge >= 0.3 is 0 Å². The predicted octanol–water partition coefficient (Wildman–Crippen LogP) is 1.54. The highest BCUT2D eigenvalue weighted by molar-refractivity contribution is 4.88. The lowest BCUT2D eigenvalue weighted by molar-refractivity contribution is 0.0787. The van der Waals surface area contributed by atoms with Crippen molar-refractivity contribution in [3.8, 4) is 0 Å². The van der Waals surface area contributed by atoms with Crippen LogP contribution in [-0.2, 0) is 0 Å². The SMILES string of the molecule is CCN1CCN(C2CCCCCC2NC)CC1. The number of hydrogen-bond donors (Lipinski definition) is 1. The fourth-order valence-electron chi connectivity index (χ4n) is 3.47. The lowest BCUT2D eigenvalue weighted by Gasteiger charge is -2.41.